The maximum absolute atomic E-state index is 13.4. The summed E-state index contributed by atoms with van der Waals surface area (Å²) in [6.45, 7) is 0.994. The van der Waals surface area contributed by atoms with Gasteiger partial charge in [0, 0.05) is 23.7 Å². The third-order valence-corrected chi connectivity index (χ3v) is 6.19. The zero-order valence-corrected chi connectivity index (χ0v) is 17.4. The van der Waals surface area contributed by atoms with Crippen molar-refractivity contribution in [3.05, 3.63) is 52.5 Å². The van der Waals surface area contributed by atoms with Crippen LogP contribution in [0.1, 0.15) is 31.7 Å². The number of carbonyl (C=O) groups is 2. The number of fused-ring (bicyclic) bond motifs is 1. The van der Waals surface area contributed by atoms with Crippen LogP contribution in [0.25, 0.3) is 10.2 Å². The molecule has 1 atom stereocenters. The third kappa shape index (κ3) is 3.46. The first-order valence-electron chi connectivity index (χ1n) is 9.34. The summed E-state index contributed by atoms with van der Waals surface area (Å²) in [5, 5.41) is 0.811. The molecule has 1 aliphatic rings. The van der Waals surface area contributed by atoms with E-state index in [9.17, 15) is 9.59 Å². The number of primary amides is 1. The van der Waals surface area contributed by atoms with Crippen molar-refractivity contribution in [3.63, 3.8) is 0 Å². The Morgan fingerprint density at radius 2 is 1.93 bits per heavy atom. The minimum Gasteiger partial charge on any atom is -0.496 e. The van der Waals surface area contributed by atoms with Gasteiger partial charge in [0.05, 0.1) is 27.4 Å². The average Bonchev–Trinajstić information content (AvgIpc) is 3.18. The van der Waals surface area contributed by atoms with Crippen molar-refractivity contribution in [1.82, 2.24) is 9.88 Å². The molecule has 3 heterocycles. The molecule has 1 saturated heterocycles. The van der Waals surface area contributed by atoms with Crippen LogP contribution in [0.3, 0.4) is 0 Å². The second-order valence-electron chi connectivity index (χ2n) is 6.71. The summed E-state index contributed by atoms with van der Waals surface area (Å²) in [5.74, 6) is 0.109. The van der Waals surface area contributed by atoms with Crippen molar-refractivity contribution in [3.8, 4) is 11.5 Å². The fraction of sp³-hybridized carbons (Fsp3) is 0.286. The first kappa shape index (κ1) is 20.1. The maximum Gasteiger partial charge on any atom is 0.261 e. The highest BCUT2D eigenvalue weighted by atomic mass is 32.1. The zero-order chi connectivity index (χ0) is 21.3. The van der Waals surface area contributed by atoms with Crippen LogP contribution in [0, 0.1) is 0 Å². The van der Waals surface area contributed by atoms with E-state index in [1.165, 1.54) is 25.6 Å². The molecule has 0 bridgehead atoms. The molecule has 2 amide bonds. The van der Waals surface area contributed by atoms with Gasteiger partial charge in [0.25, 0.3) is 11.8 Å². The lowest BCUT2D eigenvalue weighted by Gasteiger charge is -2.34. The number of carbonyl (C=O) groups excluding carboxylic acids is 2. The number of thiophene rings is 1. The van der Waals surface area contributed by atoms with Crippen LogP contribution in [-0.2, 0) is 4.74 Å². The number of hydrogen-bond acceptors (Lipinski definition) is 7. The van der Waals surface area contributed by atoms with Crippen LogP contribution in [0.4, 0.5) is 0 Å². The van der Waals surface area contributed by atoms with E-state index in [2.05, 4.69) is 4.98 Å². The van der Waals surface area contributed by atoms with E-state index >= 15 is 0 Å². The Balaban J connectivity index is 1.70. The topological polar surface area (TPSA) is 104 Å². The normalized spacial score (nSPS) is 16.5. The quantitative estimate of drug-likeness (QED) is 0.671. The number of benzene rings is 1. The second-order valence-corrected chi connectivity index (χ2v) is 7.71. The zero-order valence-electron chi connectivity index (χ0n) is 16.6. The van der Waals surface area contributed by atoms with Gasteiger partial charge in [-0.05, 0) is 18.2 Å². The predicted molar refractivity (Wildman–Crippen MR) is 112 cm³/mol. The standard InChI is InChI=1S/C21H21N3O5S/c1-27-13-6-3-7-14(28-2)17(13)21(26)24-9-10-29-15(11-24)16-12-5-4-8-23-20(12)30-18(16)19(22)25/h3-8,15H,9-11H2,1-2H3,(H2,22,25)/t15-/m0/s1. The van der Waals surface area contributed by atoms with Crippen LogP contribution in [0.2, 0.25) is 0 Å². The van der Waals surface area contributed by atoms with Crippen molar-refractivity contribution < 1.29 is 23.8 Å². The molecule has 0 spiro atoms. The molecule has 9 heteroatoms. The van der Waals surface area contributed by atoms with E-state index < -0.39 is 12.0 Å². The van der Waals surface area contributed by atoms with Gasteiger partial charge in [-0.3, -0.25) is 9.59 Å². The lowest BCUT2D eigenvalue weighted by atomic mass is 10.0. The number of rotatable bonds is 5. The Hall–Kier alpha value is -3.17. The van der Waals surface area contributed by atoms with Gasteiger partial charge in [0.2, 0.25) is 0 Å². The van der Waals surface area contributed by atoms with Crippen LogP contribution in [0.15, 0.2) is 36.5 Å². The van der Waals surface area contributed by atoms with Gasteiger partial charge in [0.1, 0.15) is 32.9 Å². The van der Waals surface area contributed by atoms with Gasteiger partial charge in [-0.1, -0.05) is 12.1 Å². The molecule has 8 nitrogen and oxygen atoms in total. The Bertz CT molecular complexity index is 1090. The van der Waals surface area contributed by atoms with E-state index in [1.807, 2.05) is 6.07 Å². The number of ether oxygens (including phenoxy) is 3. The number of methoxy groups -OCH3 is 2. The highest BCUT2D eigenvalue weighted by molar-refractivity contribution is 7.20. The van der Waals surface area contributed by atoms with Gasteiger partial charge in [0.15, 0.2) is 0 Å². The monoisotopic (exact) mass is 427 g/mol. The van der Waals surface area contributed by atoms with Crippen molar-refractivity contribution >= 4 is 33.4 Å². The van der Waals surface area contributed by atoms with Crippen molar-refractivity contribution in [2.75, 3.05) is 33.9 Å². The van der Waals surface area contributed by atoms with Gasteiger partial charge >= 0.3 is 0 Å². The number of pyridine rings is 1. The lowest BCUT2D eigenvalue weighted by Crippen LogP contribution is -2.42. The van der Waals surface area contributed by atoms with Crippen molar-refractivity contribution in [2.24, 2.45) is 5.73 Å². The van der Waals surface area contributed by atoms with E-state index in [1.54, 1.807) is 35.4 Å². The van der Waals surface area contributed by atoms with E-state index in [-0.39, 0.29) is 12.5 Å². The molecule has 1 aliphatic heterocycles. The molecular weight excluding hydrogens is 406 g/mol. The summed E-state index contributed by atoms with van der Waals surface area (Å²) >= 11 is 1.23. The van der Waals surface area contributed by atoms with E-state index in [0.717, 1.165) is 5.39 Å². The summed E-state index contributed by atoms with van der Waals surface area (Å²) in [6.07, 6.45) is 1.17. The summed E-state index contributed by atoms with van der Waals surface area (Å²) in [4.78, 5) is 32.6. The second kappa shape index (κ2) is 8.29. The largest absolute Gasteiger partial charge is 0.496 e. The lowest BCUT2D eigenvalue weighted by molar-refractivity contribution is -0.0224. The minimum absolute atomic E-state index is 0.226. The molecule has 2 N–H and O–H groups in total. The average molecular weight is 427 g/mol. The number of hydrogen-bond donors (Lipinski definition) is 1. The van der Waals surface area contributed by atoms with Gasteiger partial charge in [-0.25, -0.2) is 4.98 Å². The fourth-order valence-corrected chi connectivity index (χ4v) is 4.73. The van der Waals surface area contributed by atoms with E-state index in [0.29, 0.717) is 45.5 Å². The SMILES string of the molecule is COc1cccc(OC)c1C(=O)N1CCO[C@H](c2c(C(N)=O)sc3ncccc23)C1. The molecule has 0 radical (unpaired) electrons. The first-order chi connectivity index (χ1) is 14.5. The van der Waals surface area contributed by atoms with Crippen LogP contribution in [0.5, 0.6) is 11.5 Å². The highest BCUT2D eigenvalue weighted by Gasteiger charge is 2.33. The Morgan fingerprint density at radius 3 is 2.60 bits per heavy atom. The maximum atomic E-state index is 13.4. The summed E-state index contributed by atoms with van der Waals surface area (Å²) < 4.78 is 16.7. The smallest absolute Gasteiger partial charge is 0.261 e. The Morgan fingerprint density at radius 1 is 1.20 bits per heavy atom. The molecular formula is C21H21N3O5S. The molecule has 0 unspecified atom stereocenters. The van der Waals surface area contributed by atoms with Gasteiger partial charge < -0.3 is 24.8 Å². The number of amides is 2. The molecule has 0 saturated carbocycles. The fourth-order valence-electron chi connectivity index (χ4n) is 3.68. The first-order valence-corrected chi connectivity index (χ1v) is 10.2. The predicted octanol–water partition coefficient (Wildman–Crippen LogP) is 2.63. The summed E-state index contributed by atoms with van der Waals surface area (Å²) in [6, 6.07) is 8.89. The minimum atomic E-state index is -0.536. The van der Waals surface area contributed by atoms with E-state index in [4.69, 9.17) is 19.9 Å². The molecule has 1 aromatic carbocycles. The number of aromatic nitrogens is 1. The molecule has 4 rings (SSSR count). The third-order valence-electron chi connectivity index (χ3n) is 5.05. The molecule has 1 fully saturated rings. The summed E-state index contributed by atoms with van der Waals surface area (Å²) in [5.41, 5.74) is 6.66. The van der Waals surface area contributed by atoms with Crippen molar-refractivity contribution in [1.29, 1.82) is 0 Å². The molecule has 30 heavy (non-hydrogen) atoms. The van der Waals surface area contributed by atoms with Crippen molar-refractivity contribution in [2.45, 2.75) is 6.10 Å². The highest BCUT2D eigenvalue weighted by Crippen LogP contribution is 2.38. The summed E-state index contributed by atoms with van der Waals surface area (Å²) in [7, 11) is 3.02. The molecule has 156 valence electrons. The van der Waals surface area contributed by atoms with Crippen LogP contribution < -0.4 is 15.2 Å². The van der Waals surface area contributed by atoms with Gasteiger partial charge in [-0.15, -0.1) is 11.3 Å². The number of nitrogens with zero attached hydrogens (tertiary/aromatic N) is 2. The molecule has 3 aromatic rings. The number of nitrogens with two attached hydrogens (primary N) is 1. The van der Waals surface area contributed by atoms with Crippen LogP contribution >= 0.6 is 11.3 Å². The van der Waals surface area contributed by atoms with Gasteiger partial charge in [-0.2, -0.15) is 0 Å². The molecule has 0 aliphatic carbocycles. The van der Waals surface area contributed by atoms with Crippen LogP contribution in [-0.4, -0.2) is 55.6 Å². The Kier molecular flexibility index (Phi) is 5.56. The Labute approximate surface area is 177 Å². The number of morpholine rings is 1. The molecule has 2 aromatic heterocycles.